The summed E-state index contributed by atoms with van der Waals surface area (Å²) in [6, 6.07) is 0. The molecule has 0 aromatic heterocycles. The third-order valence-electron chi connectivity index (χ3n) is 1.68. The van der Waals surface area contributed by atoms with Gasteiger partial charge in [0.2, 0.25) is 0 Å². The van der Waals surface area contributed by atoms with Crippen LogP contribution in [0, 0.1) is 0 Å². The van der Waals surface area contributed by atoms with E-state index in [9.17, 15) is 0 Å². The molecule has 0 amide bonds. The molecule has 0 aliphatic carbocycles. The third-order valence-corrected chi connectivity index (χ3v) is 1.68. The predicted octanol–water partition coefficient (Wildman–Crippen LogP) is 2.91. The highest BCUT2D eigenvalue weighted by molar-refractivity contribution is 5.20. The van der Waals surface area contributed by atoms with E-state index in [1.165, 1.54) is 0 Å². The molecule has 0 N–H and O–H groups in total. The second kappa shape index (κ2) is 8.02. The Hall–Kier alpha value is -0.600. The van der Waals surface area contributed by atoms with Gasteiger partial charge >= 0.3 is 0 Å². The molecule has 13 heavy (non-hydrogen) atoms. The smallest absolute Gasteiger partial charge is 0.183 e. The van der Waals surface area contributed by atoms with E-state index >= 15 is 0 Å². The largest absolute Gasteiger partial charge is 0.352 e. The molecular formula is C11H20O2. The van der Waals surface area contributed by atoms with Gasteiger partial charge in [0, 0.05) is 19.3 Å². The first-order valence-corrected chi connectivity index (χ1v) is 4.77. The molecule has 0 bridgehead atoms. The minimum Gasteiger partial charge on any atom is -0.352 e. The SMILES string of the molecule is CC=C(C=CCC)C(OC)OCC. The zero-order chi connectivity index (χ0) is 10.1. The van der Waals surface area contributed by atoms with Gasteiger partial charge in [0.1, 0.15) is 0 Å². The van der Waals surface area contributed by atoms with Crippen LogP contribution in [0.2, 0.25) is 0 Å². The monoisotopic (exact) mass is 184 g/mol. The van der Waals surface area contributed by atoms with E-state index in [2.05, 4.69) is 13.0 Å². The van der Waals surface area contributed by atoms with Crippen molar-refractivity contribution >= 4 is 0 Å². The second-order valence-electron chi connectivity index (χ2n) is 2.62. The second-order valence-corrected chi connectivity index (χ2v) is 2.62. The summed E-state index contributed by atoms with van der Waals surface area (Å²) in [6.45, 7) is 6.71. The van der Waals surface area contributed by atoms with E-state index in [0.29, 0.717) is 6.61 Å². The quantitative estimate of drug-likeness (QED) is 0.467. The van der Waals surface area contributed by atoms with Crippen LogP contribution in [-0.2, 0) is 9.47 Å². The maximum Gasteiger partial charge on any atom is 0.183 e. The summed E-state index contributed by atoms with van der Waals surface area (Å²) in [6.07, 6.45) is 6.96. The Labute approximate surface area is 81.2 Å². The Morgan fingerprint density at radius 1 is 1.38 bits per heavy atom. The highest BCUT2D eigenvalue weighted by atomic mass is 16.7. The summed E-state index contributed by atoms with van der Waals surface area (Å²) in [7, 11) is 1.66. The van der Waals surface area contributed by atoms with E-state index in [1.54, 1.807) is 7.11 Å². The first kappa shape index (κ1) is 12.4. The number of ether oxygens (including phenoxy) is 2. The number of methoxy groups -OCH3 is 1. The maximum atomic E-state index is 5.40. The molecule has 0 aromatic carbocycles. The van der Waals surface area contributed by atoms with Crippen molar-refractivity contribution in [1.29, 1.82) is 0 Å². The Balaban J connectivity index is 4.26. The Bertz CT molecular complexity index is 171. The van der Waals surface area contributed by atoms with Gasteiger partial charge in [-0.2, -0.15) is 0 Å². The lowest BCUT2D eigenvalue weighted by molar-refractivity contribution is -0.0916. The standard InChI is InChI=1S/C11H20O2/c1-5-8-9-10(6-2)11(12-4)13-7-3/h6,8-9,11H,5,7H2,1-4H3. The average Bonchev–Trinajstić information content (AvgIpc) is 2.17. The molecule has 2 nitrogen and oxygen atoms in total. The summed E-state index contributed by atoms with van der Waals surface area (Å²) >= 11 is 0. The van der Waals surface area contributed by atoms with Crippen molar-refractivity contribution in [1.82, 2.24) is 0 Å². The van der Waals surface area contributed by atoms with Gasteiger partial charge in [0.25, 0.3) is 0 Å². The zero-order valence-corrected chi connectivity index (χ0v) is 9.04. The molecule has 2 heteroatoms. The molecule has 0 radical (unpaired) electrons. The lowest BCUT2D eigenvalue weighted by atomic mass is 10.2. The highest BCUT2D eigenvalue weighted by Crippen LogP contribution is 2.09. The van der Waals surface area contributed by atoms with Crippen molar-refractivity contribution < 1.29 is 9.47 Å². The molecule has 0 saturated carbocycles. The summed E-state index contributed by atoms with van der Waals surface area (Å²) in [5.74, 6) is 0. The van der Waals surface area contributed by atoms with E-state index in [1.807, 2.05) is 26.0 Å². The lowest BCUT2D eigenvalue weighted by Crippen LogP contribution is -2.16. The molecule has 0 rings (SSSR count). The van der Waals surface area contributed by atoms with Crippen molar-refractivity contribution in [2.45, 2.75) is 33.5 Å². The van der Waals surface area contributed by atoms with Gasteiger partial charge in [-0.25, -0.2) is 0 Å². The van der Waals surface area contributed by atoms with Crippen molar-refractivity contribution in [3.8, 4) is 0 Å². The molecule has 0 fully saturated rings. The van der Waals surface area contributed by atoms with Gasteiger partial charge in [-0.15, -0.1) is 0 Å². The Morgan fingerprint density at radius 3 is 2.46 bits per heavy atom. The summed E-state index contributed by atoms with van der Waals surface area (Å²) < 4.78 is 10.6. The van der Waals surface area contributed by atoms with Gasteiger partial charge in [-0.05, 0) is 20.3 Å². The van der Waals surface area contributed by atoms with Crippen LogP contribution in [0.4, 0.5) is 0 Å². The van der Waals surface area contributed by atoms with Gasteiger partial charge < -0.3 is 9.47 Å². The van der Waals surface area contributed by atoms with Gasteiger partial charge in [0.05, 0.1) is 0 Å². The van der Waals surface area contributed by atoms with E-state index in [4.69, 9.17) is 9.47 Å². The molecule has 1 atom stereocenters. The van der Waals surface area contributed by atoms with Crippen LogP contribution in [0.5, 0.6) is 0 Å². The number of allylic oxidation sites excluding steroid dienone is 2. The predicted molar refractivity (Wildman–Crippen MR) is 55.6 cm³/mol. The fourth-order valence-corrected chi connectivity index (χ4v) is 1.02. The fourth-order valence-electron chi connectivity index (χ4n) is 1.02. The Morgan fingerprint density at radius 2 is 2.08 bits per heavy atom. The van der Waals surface area contributed by atoms with Crippen LogP contribution in [-0.4, -0.2) is 20.0 Å². The summed E-state index contributed by atoms with van der Waals surface area (Å²) in [5, 5.41) is 0. The molecule has 0 aromatic rings. The molecule has 1 unspecified atom stereocenters. The fraction of sp³-hybridized carbons (Fsp3) is 0.636. The minimum atomic E-state index is -0.224. The summed E-state index contributed by atoms with van der Waals surface area (Å²) in [4.78, 5) is 0. The number of hydrogen-bond acceptors (Lipinski definition) is 2. The van der Waals surface area contributed by atoms with Gasteiger partial charge in [-0.1, -0.05) is 25.2 Å². The zero-order valence-electron chi connectivity index (χ0n) is 9.04. The van der Waals surface area contributed by atoms with Crippen molar-refractivity contribution in [2.24, 2.45) is 0 Å². The van der Waals surface area contributed by atoms with Gasteiger partial charge in [-0.3, -0.25) is 0 Å². The van der Waals surface area contributed by atoms with Crippen LogP contribution in [0.1, 0.15) is 27.2 Å². The molecule has 76 valence electrons. The van der Waals surface area contributed by atoms with Crippen molar-refractivity contribution in [3.05, 3.63) is 23.8 Å². The van der Waals surface area contributed by atoms with Crippen LogP contribution in [0.25, 0.3) is 0 Å². The molecule has 0 saturated heterocycles. The first-order valence-electron chi connectivity index (χ1n) is 4.77. The Kier molecular flexibility index (Phi) is 7.65. The maximum absolute atomic E-state index is 5.40. The van der Waals surface area contributed by atoms with E-state index in [0.717, 1.165) is 12.0 Å². The van der Waals surface area contributed by atoms with Gasteiger partial charge in [0.15, 0.2) is 6.29 Å². The van der Waals surface area contributed by atoms with Crippen molar-refractivity contribution in [3.63, 3.8) is 0 Å². The van der Waals surface area contributed by atoms with Crippen LogP contribution in [0.3, 0.4) is 0 Å². The summed E-state index contributed by atoms with van der Waals surface area (Å²) in [5.41, 5.74) is 1.08. The molecule has 0 heterocycles. The van der Waals surface area contributed by atoms with Crippen LogP contribution < -0.4 is 0 Å². The minimum absolute atomic E-state index is 0.224. The highest BCUT2D eigenvalue weighted by Gasteiger charge is 2.08. The van der Waals surface area contributed by atoms with E-state index < -0.39 is 0 Å². The van der Waals surface area contributed by atoms with Crippen LogP contribution >= 0.6 is 0 Å². The number of rotatable bonds is 6. The molecule has 0 aliphatic heterocycles. The van der Waals surface area contributed by atoms with Crippen molar-refractivity contribution in [2.75, 3.05) is 13.7 Å². The van der Waals surface area contributed by atoms with E-state index in [-0.39, 0.29) is 6.29 Å². The lowest BCUT2D eigenvalue weighted by Gasteiger charge is -2.15. The number of hydrogen-bond donors (Lipinski definition) is 0. The molecule has 0 aliphatic rings. The topological polar surface area (TPSA) is 18.5 Å². The first-order chi connectivity index (χ1) is 6.29. The third kappa shape index (κ3) is 4.86. The molecular weight excluding hydrogens is 164 g/mol. The normalized spacial score (nSPS) is 15.2. The average molecular weight is 184 g/mol. The van der Waals surface area contributed by atoms with Crippen LogP contribution in [0.15, 0.2) is 23.8 Å². The molecule has 0 spiro atoms.